The standard InChI is InChI=1S/C24H26N2O3/c1-3-29-22-6-4-5-21(24(22)26-13-15-28-16-14-26)23-20(12-7-17(2)25-23)18-8-10-19(27)11-9-18/h4-12,27H,3,13-16H2,1-2H3. The number of hydrogen-bond donors (Lipinski definition) is 1. The zero-order chi connectivity index (χ0) is 20.2. The van der Waals surface area contributed by atoms with Crippen molar-refractivity contribution in [3.63, 3.8) is 0 Å². The number of phenols is 1. The van der Waals surface area contributed by atoms with Crippen LogP contribution in [0.2, 0.25) is 0 Å². The van der Waals surface area contributed by atoms with E-state index in [1.54, 1.807) is 12.1 Å². The minimum Gasteiger partial charge on any atom is -0.508 e. The summed E-state index contributed by atoms with van der Waals surface area (Å²) in [5.74, 6) is 1.12. The van der Waals surface area contributed by atoms with Gasteiger partial charge in [0, 0.05) is 29.9 Å². The number of phenolic OH excluding ortho intramolecular Hbond substituents is 1. The minimum absolute atomic E-state index is 0.253. The number of para-hydroxylation sites is 1. The van der Waals surface area contributed by atoms with E-state index in [1.807, 2.05) is 44.2 Å². The number of aryl methyl sites for hydroxylation is 1. The van der Waals surface area contributed by atoms with Gasteiger partial charge in [-0.15, -0.1) is 0 Å². The fourth-order valence-electron chi connectivity index (χ4n) is 3.73. The number of rotatable bonds is 5. The topological polar surface area (TPSA) is 54.8 Å². The first kappa shape index (κ1) is 19.3. The molecule has 0 bridgehead atoms. The molecule has 2 aromatic carbocycles. The Morgan fingerprint density at radius 1 is 1.00 bits per heavy atom. The smallest absolute Gasteiger partial charge is 0.143 e. The first-order valence-corrected chi connectivity index (χ1v) is 10.0. The zero-order valence-electron chi connectivity index (χ0n) is 16.9. The van der Waals surface area contributed by atoms with Gasteiger partial charge < -0.3 is 19.5 Å². The van der Waals surface area contributed by atoms with Crippen LogP contribution in [0, 0.1) is 6.92 Å². The van der Waals surface area contributed by atoms with Crippen LogP contribution in [0.4, 0.5) is 5.69 Å². The molecule has 2 heterocycles. The van der Waals surface area contributed by atoms with Gasteiger partial charge in [-0.3, -0.25) is 4.98 Å². The molecule has 0 atom stereocenters. The number of morpholine rings is 1. The second kappa shape index (κ2) is 8.53. The molecule has 5 heteroatoms. The van der Waals surface area contributed by atoms with E-state index in [0.717, 1.165) is 52.6 Å². The maximum atomic E-state index is 9.69. The zero-order valence-corrected chi connectivity index (χ0v) is 16.9. The van der Waals surface area contributed by atoms with Crippen LogP contribution in [0.1, 0.15) is 12.6 Å². The first-order valence-electron chi connectivity index (χ1n) is 10.0. The summed E-state index contributed by atoms with van der Waals surface area (Å²) in [5, 5.41) is 9.69. The van der Waals surface area contributed by atoms with Gasteiger partial charge in [0.15, 0.2) is 0 Å². The fraction of sp³-hybridized carbons (Fsp3) is 0.292. The van der Waals surface area contributed by atoms with Crippen molar-refractivity contribution >= 4 is 5.69 Å². The summed E-state index contributed by atoms with van der Waals surface area (Å²) in [6, 6.07) is 17.5. The maximum absolute atomic E-state index is 9.69. The van der Waals surface area contributed by atoms with E-state index in [4.69, 9.17) is 14.5 Å². The van der Waals surface area contributed by atoms with Crippen LogP contribution >= 0.6 is 0 Å². The highest BCUT2D eigenvalue weighted by Gasteiger charge is 2.23. The lowest BCUT2D eigenvalue weighted by molar-refractivity contribution is 0.122. The van der Waals surface area contributed by atoms with Crippen molar-refractivity contribution in [2.45, 2.75) is 13.8 Å². The lowest BCUT2D eigenvalue weighted by Crippen LogP contribution is -2.36. The van der Waals surface area contributed by atoms with Crippen LogP contribution in [0.15, 0.2) is 54.6 Å². The number of aromatic hydroxyl groups is 1. The van der Waals surface area contributed by atoms with Crippen LogP contribution in [0.25, 0.3) is 22.4 Å². The van der Waals surface area contributed by atoms with Gasteiger partial charge in [-0.25, -0.2) is 0 Å². The Balaban J connectivity index is 1.91. The van der Waals surface area contributed by atoms with Crippen molar-refractivity contribution < 1.29 is 14.6 Å². The summed E-state index contributed by atoms with van der Waals surface area (Å²) in [5.41, 5.74) is 6.02. The Bertz CT molecular complexity index is 980. The quantitative estimate of drug-likeness (QED) is 0.686. The molecule has 29 heavy (non-hydrogen) atoms. The maximum Gasteiger partial charge on any atom is 0.143 e. The van der Waals surface area contributed by atoms with Crippen molar-refractivity contribution in [1.29, 1.82) is 0 Å². The number of anilines is 1. The van der Waals surface area contributed by atoms with Crippen LogP contribution in [0.3, 0.4) is 0 Å². The van der Waals surface area contributed by atoms with Gasteiger partial charge >= 0.3 is 0 Å². The average Bonchev–Trinajstić information content (AvgIpc) is 2.75. The van der Waals surface area contributed by atoms with Gasteiger partial charge in [0.1, 0.15) is 11.5 Å². The molecule has 0 amide bonds. The Hall–Kier alpha value is -3.05. The predicted molar refractivity (Wildman–Crippen MR) is 116 cm³/mol. The van der Waals surface area contributed by atoms with Crippen molar-refractivity contribution in [1.82, 2.24) is 4.98 Å². The molecule has 0 spiro atoms. The number of hydrogen-bond acceptors (Lipinski definition) is 5. The summed E-state index contributed by atoms with van der Waals surface area (Å²) < 4.78 is 11.6. The molecule has 1 saturated heterocycles. The van der Waals surface area contributed by atoms with Gasteiger partial charge in [-0.2, -0.15) is 0 Å². The third-order valence-electron chi connectivity index (χ3n) is 5.09. The van der Waals surface area contributed by atoms with Crippen LogP contribution < -0.4 is 9.64 Å². The number of aromatic nitrogens is 1. The van der Waals surface area contributed by atoms with Gasteiger partial charge in [0.2, 0.25) is 0 Å². The number of benzene rings is 2. The van der Waals surface area contributed by atoms with Crippen molar-refractivity contribution in [2.75, 3.05) is 37.8 Å². The van der Waals surface area contributed by atoms with Gasteiger partial charge in [-0.05, 0) is 43.7 Å². The average molecular weight is 390 g/mol. The number of nitrogens with zero attached hydrogens (tertiary/aromatic N) is 2. The van der Waals surface area contributed by atoms with Gasteiger partial charge in [0.05, 0.1) is 31.2 Å². The summed E-state index contributed by atoms with van der Waals surface area (Å²) >= 11 is 0. The van der Waals surface area contributed by atoms with E-state index in [9.17, 15) is 5.11 Å². The molecule has 0 unspecified atom stereocenters. The molecule has 1 aromatic heterocycles. The van der Waals surface area contributed by atoms with Crippen LogP contribution in [0.5, 0.6) is 11.5 Å². The molecule has 0 aliphatic carbocycles. The molecule has 1 aliphatic rings. The van der Waals surface area contributed by atoms with Gasteiger partial charge in [-0.1, -0.05) is 30.3 Å². The molecule has 3 aromatic rings. The SMILES string of the molecule is CCOc1cccc(-c2nc(C)ccc2-c2ccc(O)cc2)c1N1CCOCC1. The summed E-state index contributed by atoms with van der Waals surface area (Å²) in [7, 11) is 0. The highest BCUT2D eigenvalue weighted by atomic mass is 16.5. The Kier molecular flexibility index (Phi) is 5.67. The molecule has 4 rings (SSSR count). The number of ether oxygens (including phenoxy) is 2. The summed E-state index contributed by atoms with van der Waals surface area (Å²) in [4.78, 5) is 7.25. The molecular formula is C24H26N2O3. The first-order chi connectivity index (χ1) is 14.2. The van der Waals surface area contributed by atoms with E-state index in [-0.39, 0.29) is 5.75 Å². The highest BCUT2D eigenvalue weighted by Crippen LogP contribution is 2.42. The third-order valence-corrected chi connectivity index (χ3v) is 5.09. The summed E-state index contributed by atoms with van der Waals surface area (Å²) in [6.45, 7) is 7.65. The van der Waals surface area contributed by atoms with E-state index < -0.39 is 0 Å². The van der Waals surface area contributed by atoms with Crippen LogP contribution in [-0.4, -0.2) is 43.0 Å². The molecule has 1 aliphatic heterocycles. The molecule has 1 fully saturated rings. The molecular weight excluding hydrogens is 364 g/mol. The minimum atomic E-state index is 0.253. The summed E-state index contributed by atoms with van der Waals surface area (Å²) in [6.07, 6.45) is 0. The molecule has 0 saturated carbocycles. The Labute approximate surface area is 171 Å². The van der Waals surface area contributed by atoms with E-state index in [2.05, 4.69) is 17.0 Å². The molecule has 150 valence electrons. The van der Waals surface area contributed by atoms with E-state index in [1.165, 1.54) is 0 Å². The van der Waals surface area contributed by atoms with E-state index >= 15 is 0 Å². The second-order valence-electron chi connectivity index (χ2n) is 7.08. The highest BCUT2D eigenvalue weighted by molar-refractivity contribution is 5.90. The fourth-order valence-corrected chi connectivity index (χ4v) is 3.73. The Morgan fingerprint density at radius 3 is 2.48 bits per heavy atom. The Morgan fingerprint density at radius 2 is 1.76 bits per heavy atom. The molecule has 5 nitrogen and oxygen atoms in total. The molecule has 1 N–H and O–H groups in total. The van der Waals surface area contributed by atoms with Gasteiger partial charge in [0.25, 0.3) is 0 Å². The lowest BCUT2D eigenvalue weighted by atomic mass is 9.96. The third kappa shape index (κ3) is 4.05. The van der Waals surface area contributed by atoms with Crippen LogP contribution in [-0.2, 0) is 4.74 Å². The monoisotopic (exact) mass is 390 g/mol. The van der Waals surface area contributed by atoms with E-state index in [0.29, 0.717) is 19.8 Å². The predicted octanol–water partition coefficient (Wildman–Crippen LogP) is 4.66. The second-order valence-corrected chi connectivity index (χ2v) is 7.08. The molecule has 0 radical (unpaired) electrons. The lowest BCUT2D eigenvalue weighted by Gasteiger charge is -2.32. The number of pyridine rings is 1. The van der Waals surface area contributed by atoms with Crippen molar-refractivity contribution in [3.8, 4) is 33.9 Å². The van der Waals surface area contributed by atoms with Crippen molar-refractivity contribution in [3.05, 3.63) is 60.3 Å². The van der Waals surface area contributed by atoms with Crippen molar-refractivity contribution in [2.24, 2.45) is 0 Å². The normalized spacial score (nSPS) is 14.1. The largest absolute Gasteiger partial charge is 0.508 e.